The molecule has 0 aliphatic carbocycles. The van der Waals surface area contributed by atoms with Crippen LogP contribution in [0.1, 0.15) is 5.56 Å². The molecule has 0 unspecified atom stereocenters. The monoisotopic (exact) mass is 838 g/mol. The molecule has 0 bridgehead atoms. The maximum Gasteiger partial charge on any atom is 0.164 e. The highest BCUT2D eigenvalue weighted by Gasteiger charge is 2.21. The minimum atomic E-state index is 0.574. The van der Waals surface area contributed by atoms with Gasteiger partial charge in [-0.15, -0.1) is 0 Å². The van der Waals surface area contributed by atoms with Crippen LogP contribution in [0.3, 0.4) is 0 Å². The van der Waals surface area contributed by atoms with Crippen LogP contribution in [-0.4, -0.2) is 15.0 Å². The Bertz CT molecular complexity index is 3860. The number of hydrogen-bond acceptors (Lipinski definition) is 4. The van der Waals surface area contributed by atoms with Gasteiger partial charge in [0.15, 0.2) is 17.5 Å². The van der Waals surface area contributed by atoms with Gasteiger partial charge < -0.3 is 0 Å². The lowest BCUT2D eigenvalue weighted by atomic mass is 9.83. The minimum absolute atomic E-state index is 0.574. The van der Waals surface area contributed by atoms with Gasteiger partial charge in [-0.3, -0.25) is 0 Å². The topological polar surface area (TPSA) is 62.5 Å². The van der Waals surface area contributed by atoms with Crippen molar-refractivity contribution >= 4 is 43.1 Å². The molecule has 4 heteroatoms. The molecule has 0 saturated heterocycles. The van der Waals surface area contributed by atoms with Crippen molar-refractivity contribution in [2.75, 3.05) is 0 Å². The fourth-order valence-electron chi connectivity index (χ4n) is 9.64. The highest BCUT2D eigenvalue weighted by molar-refractivity contribution is 6.29. The lowest BCUT2D eigenvalue weighted by molar-refractivity contribution is 1.07. The van der Waals surface area contributed by atoms with E-state index in [1.165, 1.54) is 59.8 Å². The molecule has 0 N–H and O–H groups in total. The fraction of sp³-hybridized carbons (Fsp3) is 0. The van der Waals surface area contributed by atoms with Gasteiger partial charge in [-0.2, -0.15) is 5.26 Å². The van der Waals surface area contributed by atoms with Crippen LogP contribution in [0.25, 0.3) is 122 Å². The van der Waals surface area contributed by atoms with Gasteiger partial charge in [0.05, 0.1) is 11.6 Å². The van der Waals surface area contributed by atoms with Crippen LogP contribution in [-0.2, 0) is 0 Å². The summed E-state index contributed by atoms with van der Waals surface area (Å²) in [5, 5.41) is 19.2. The Morgan fingerprint density at radius 1 is 0.288 bits per heavy atom. The summed E-state index contributed by atoms with van der Waals surface area (Å²) in [5.41, 5.74) is 12.2. The van der Waals surface area contributed by atoms with Gasteiger partial charge in [0.2, 0.25) is 0 Å². The van der Waals surface area contributed by atoms with Gasteiger partial charge in [-0.1, -0.05) is 212 Å². The fourth-order valence-corrected chi connectivity index (χ4v) is 9.64. The van der Waals surface area contributed by atoms with Gasteiger partial charge in [0, 0.05) is 16.7 Å². The number of fused-ring (bicyclic) bond motifs is 5. The third-order valence-electron chi connectivity index (χ3n) is 12.8. The number of benzene rings is 11. The van der Waals surface area contributed by atoms with E-state index in [2.05, 4.69) is 188 Å². The van der Waals surface area contributed by atoms with Crippen LogP contribution >= 0.6 is 0 Å². The largest absolute Gasteiger partial charge is 0.208 e. The highest BCUT2D eigenvalue weighted by atomic mass is 15.0. The Morgan fingerprint density at radius 2 is 0.803 bits per heavy atom. The predicted octanol–water partition coefficient (Wildman–Crippen LogP) is 16.0. The van der Waals surface area contributed by atoms with Crippen LogP contribution in [0.2, 0.25) is 0 Å². The summed E-state index contributed by atoms with van der Waals surface area (Å²) in [7, 11) is 0. The van der Waals surface area contributed by atoms with E-state index < -0.39 is 0 Å². The molecule has 0 spiro atoms. The molecule has 1 heterocycles. The van der Waals surface area contributed by atoms with Gasteiger partial charge in [-0.25, -0.2) is 15.0 Å². The first-order valence-electron chi connectivity index (χ1n) is 22.2. The van der Waals surface area contributed by atoms with E-state index in [1.807, 2.05) is 48.5 Å². The maximum absolute atomic E-state index is 9.43. The molecule has 1 aromatic heterocycles. The van der Waals surface area contributed by atoms with Gasteiger partial charge in [0.1, 0.15) is 0 Å². The number of hydrogen-bond donors (Lipinski definition) is 0. The van der Waals surface area contributed by atoms with E-state index in [0.717, 1.165) is 44.5 Å². The molecule has 0 fully saturated rings. The first-order chi connectivity index (χ1) is 32.7. The first-order valence-corrected chi connectivity index (χ1v) is 22.2. The first kappa shape index (κ1) is 38.6. The third-order valence-corrected chi connectivity index (χ3v) is 12.8. The quantitative estimate of drug-likeness (QED) is 0.118. The van der Waals surface area contributed by atoms with Crippen molar-refractivity contribution in [3.05, 3.63) is 236 Å². The molecule has 4 nitrogen and oxygen atoms in total. The SMILES string of the molecule is N#Cc1ccc(-c2cccc(-c3nc(-c4ccc(-c5c6ccccc6c(-c6cccc7ccccc67)c6ccc7ccccc7c56)cc4)nc(-c4ccccc4-c4ccccc4)n3)c2)cc1. The van der Waals surface area contributed by atoms with Gasteiger partial charge in [-0.05, 0) is 106 Å². The standard InChI is InChI=1S/C62H38N4/c63-39-40-28-30-41(31-29-40)47-19-12-20-48(38-47)61-64-60(65-62(66-61)55-26-11-8-22-50(55)42-14-2-1-3-15-42)46-34-32-45(33-35-46)57-53-24-9-10-25-54(53)58(52-27-13-18-43-16-4-6-21-49(43)52)56-37-36-44-17-5-7-23-51(44)59(56)57/h1-38H. The zero-order chi connectivity index (χ0) is 44.0. The minimum Gasteiger partial charge on any atom is -0.208 e. The second kappa shape index (κ2) is 16.3. The van der Waals surface area contributed by atoms with E-state index in [9.17, 15) is 5.26 Å². The summed E-state index contributed by atoms with van der Waals surface area (Å²) in [4.78, 5) is 15.7. The number of aromatic nitrogens is 3. The molecule has 0 saturated carbocycles. The maximum atomic E-state index is 9.43. The number of nitrogens with zero attached hydrogens (tertiary/aromatic N) is 4. The van der Waals surface area contributed by atoms with Crippen molar-refractivity contribution in [1.82, 2.24) is 15.0 Å². The molecule has 11 aromatic carbocycles. The molecule has 306 valence electrons. The summed E-state index contributed by atoms with van der Waals surface area (Å²) in [6.07, 6.45) is 0. The van der Waals surface area contributed by atoms with Crippen LogP contribution in [0.4, 0.5) is 0 Å². The van der Waals surface area contributed by atoms with Gasteiger partial charge in [0.25, 0.3) is 0 Å². The molecular formula is C62H38N4. The smallest absolute Gasteiger partial charge is 0.164 e. The average molecular weight is 839 g/mol. The molecular weight excluding hydrogens is 801 g/mol. The Kier molecular flexibility index (Phi) is 9.51. The van der Waals surface area contributed by atoms with Gasteiger partial charge >= 0.3 is 0 Å². The average Bonchev–Trinajstić information content (AvgIpc) is 3.40. The van der Waals surface area contributed by atoms with Crippen molar-refractivity contribution in [3.8, 4) is 84.7 Å². The number of nitriles is 1. The van der Waals surface area contributed by atoms with Crippen LogP contribution in [0.15, 0.2) is 231 Å². The van der Waals surface area contributed by atoms with Crippen molar-refractivity contribution in [2.45, 2.75) is 0 Å². The Morgan fingerprint density at radius 3 is 1.56 bits per heavy atom. The van der Waals surface area contributed by atoms with E-state index in [0.29, 0.717) is 23.0 Å². The molecule has 0 atom stereocenters. The Labute approximate surface area is 382 Å². The van der Waals surface area contributed by atoms with Crippen LogP contribution < -0.4 is 0 Å². The zero-order valence-corrected chi connectivity index (χ0v) is 35.7. The number of rotatable bonds is 7. The second-order valence-electron chi connectivity index (χ2n) is 16.6. The van der Waals surface area contributed by atoms with Crippen LogP contribution in [0, 0.1) is 11.3 Å². The van der Waals surface area contributed by atoms with Crippen molar-refractivity contribution in [3.63, 3.8) is 0 Å². The summed E-state index contributed by atoms with van der Waals surface area (Å²) in [5.74, 6) is 1.75. The molecule has 66 heavy (non-hydrogen) atoms. The van der Waals surface area contributed by atoms with E-state index in [4.69, 9.17) is 15.0 Å². The zero-order valence-electron chi connectivity index (χ0n) is 35.7. The molecule has 0 amide bonds. The molecule has 0 radical (unpaired) electrons. The summed E-state index contributed by atoms with van der Waals surface area (Å²) in [6, 6.07) is 83.1. The molecule has 12 rings (SSSR count). The van der Waals surface area contributed by atoms with Crippen LogP contribution in [0.5, 0.6) is 0 Å². The Hall–Kier alpha value is -9.04. The normalized spacial score (nSPS) is 11.3. The molecule has 12 aromatic rings. The Balaban J connectivity index is 1.05. The summed E-state index contributed by atoms with van der Waals surface area (Å²) >= 11 is 0. The summed E-state index contributed by atoms with van der Waals surface area (Å²) in [6.45, 7) is 0. The summed E-state index contributed by atoms with van der Waals surface area (Å²) < 4.78 is 0. The van der Waals surface area contributed by atoms with E-state index in [-0.39, 0.29) is 0 Å². The van der Waals surface area contributed by atoms with Crippen molar-refractivity contribution in [1.29, 1.82) is 5.26 Å². The lowest BCUT2D eigenvalue weighted by Gasteiger charge is -2.20. The van der Waals surface area contributed by atoms with Crippen molar-refractivity contribution < 1.29 is 0 Å². The van der Waals surface area contributed by atoms with Crippen molar-refractivity contribution in [2.24, 2.45) is 0 Å². The molecule has 0 aliphatic rings. The third kappa shape index (κ3) is 6.75. The predicted molar refractivity (Wildman–Crippen MR) is 273 cm³/mol. The van der Waals surface area contributed by atoms with E-state index >= 15 is 0 Å². The highest BCUT2D eigenvalue weighted by Crippen LogP contribution is 2.47. The second-order valence-corrected chi connectivity index (χ2v) is 16.6. The lowest BCUT2D eigenvalue weighted by Crippen LogP contribution is -2.01. The molecule has 0 aliphatic heterocycles. The van der Waals surface area contributed by atoms with E-state index in [1.54, 1.807) is 0 Å².